The Morgan fingerprint density at radius 2 is 2.18 bits per heavy atom. The molecule has 0 saturated carbocycles. The van der Waals surface area contributed by atoms with Crippen molar-refractivity contribution in [1.82, 2.24) is 0 Å². The van der Waals surface area contributed by atoms with Gasteiger partial charge in [-0.1, -0.05) is 5.16 Å². The van der Waals surface area contributed by atoms with Gasteiger partial charge in [-0.2, -0.15) is 5.26 Å². The fraction of sp³-hybridized carbons (Fsp3) is 0.200. The number of hydrogen-bond acceptors (Lipinski definition) is 5. The summed E-state index contributed by atoms with van der Waals surface area (Å²) in [6.07, 6.45) is 0. The molecule has 2 N–H and O–H groups in total. The van der Waals surface area contributed by atoms with Gasteiger partial charge in [0.05, 0.1) is 0 Å². The zero-order valence-corrected chi connectivity index (χ0v) is 5.70. The summed E-state index contributed by atoms with van der Waals surface area (Å²) >= 11 is 0. The van der Waals surface area contributed by atoms with Crippen molar-refractivity contribution in [2.24, 2.45) is 10.9 Å². The molecule has 0 aliphatic rings. The SMILES string of the molecule is CC(=O)O/N=C(/C#N)C(N)=O. The Morgan fingerprint density at radius 1 is 1.64 bits per heavy atom. The molecule has 0 atom stereocenters. The smallest absolute Gasteiger partial charge is 0.332 e. The van der Waals surface area contributed by atoms with Crippen molar-refractivity contribution in [3.8, 4) is 6.07 Å². The van der Waals surface area contributed by atoms with Crippen LogP contribution in [0.3, 0.4) is 0 Å². The molecule has 0 heterocycles. The van der Waals surface area contributed by atoms with Crippen LogP contribution in [0.2, 0.25) is 0 Å². The summed E-state index contributed by atoms with van der Waals surface area (Å²) < 4.78 is 0. The molecule has 0 unspecified atom stereocenters. The third kappa shape index (κ3) is 3.64. The number of oxime groups is 1. The van der Waals surface area contributed by atoms with Crippen LogP contribution >= 0.6 is 0 Å². The molecule has 0 aliphatic carbocycles. The quantitative estimate of drug-likeness (QED) is 0.310. The largest absolute Gasteiger partial charge is 0.364 e. The summed E-state index contributed by atoms with van der Waals surface area (Å²) in [5.41, 5.74) is 4.01. The number of nitrogens with zero attached hydrogens (tertiary/aromatic N) is 2. The van der Waals surface area contributed by atoms with E-state index in [9.17, 15) is 9.59 Å². The Kier molecular flexibility index (Phi) is 3.31. The van der Waals surface area contributed by atoms with Gasteiger partial charge in [0, 0.05) is 6.92 Å². The summed E-state index contributed by atoms with van der Waals surface area (Å²) in [4.78, 5) is 24.3. The minimum Gasteiger partial charge on any atom is -0.364 e. The maximum atomic E-state index is 10.2. The van der Waals surface area contributed by atoms with Crippen molar-refractivity contribution < 1.29 is 14.4 Å². The molecule has 0 aliphatic heterocycles. The van der Waals surface area contributed by atoms with Crippen molar-refractivity contribution in [2.45, 2.75) is 6.92 Å². The normalized spacial score (nSPS) is 10.0. The first-order valence-electron chi connectivity index (χ1n) is 2.53. The molecule has 0 saturated heterocycles. The third-order valence-electron chi connectivity index (χ3n) is 0.605. The number of amides is 1. The Bertz CT molecular complexity index is 250. The third-order valence-corrected chi connectivity index (χ3v) is 0.605. The molecule has 58 valence electrons. The van der Waals surface area contributed by atoms with Gasteiger partial charge in [0.25, 0.3) is 5.91 Å². The Morgan fingerprint density at radius 3 is 2.45 bits per heavy atom. The summed E-state index contributed by atoms with van der Waals surface area (Å²) in [5, 5.41) is 11.0. The lowest BCUT2D eigenvalue weighted by atomic mass is 10.4. The molecule has 0 radical (unpaired) electrons. The van der Waals surface area contributed by atoms with Crippen molar-refractivity contribution in [3.05, 3.63) is 0 Å². The molecule has 6 nitrogen and oxygen atoms in total. The highest BCUT2D eigenvalue weighted by Crippen LogP contribution is 1.80. The van der Waals surface area contributed by atoms with Crippen LogP contribution in [0.5, 0.6) is 0 Å². The van der Waals surface area contributed by atoms with E-state index in [0.29, 0.717) is 0 Å². The fourth-order valence-corrected chi connectivity index (χ4v) is 0.230. The molecule has 0 aromatic rings. The second-order valence-electron chi connectivity index (χ2n) is 1.50. The van der Waals surface area contributed by atoms with E-state index >= 15 is 0 Å². The number of nitrogens with two attached hydrogens (primary N) is 1. The van der Waals surface area contributed by atoms with Crippen LogP contribution in [0.25, 0.3) is 0 Å². The van der Waals surface area contributed by atoms with E-state index in [1.165, 1.54) is 6.07 Å². The Balaban J connectivity index is 4.28. The van der Waals surface area contributed by atoms with Crippen LogP contribution < -0.4 is 5.73 Å². The van der Waals surface area contributed by atoms with Gasteiger partial charge >= 0.3 is 5.97 Å². The molecule has 0 bridgehead atoms. The first-order valence-corrected chi connectivity index (χ1v) is 2.53. The van der Waals surface area contributed by atoms with E-state index in [-0.39, 0.29) is 0 Å². The van der Waals surface area contributed by atoms with Crippen molar-refractivity contribution in [2.75, 3.05) is 0 Å². The van der Waals surface area contributed by atoms with E-state index in [1.807, 2.05) is 0 Å². The highest BCUT2D eigenvalue weighted by Gasteiger charge is 2.05. The number of hydrogen-bond donors (Lipinski definition) is 1. The van der Waals surface area contributed by atoms with Crippen LogP contribution in [0.15, 0.2) is 5.16 Å². The zero-order chi connectivity index (χ0) is 8.85. The predicted molar refractivity (Wildman–Crippen MR) is 34.0 cm³/mol. The maximum absolute atomic E-state index is 10.2. The molecule has 1 amide bonds. The van der Waals surface area contributed by atoms with Crippen LogP contribution in [0, 0.1) is 11.3 Å². The molecule has 0 aromatic heterocycles. The summed E-state index contributed by atoms with van der Waals surface area (Å²) in [5.74, 6) is -1.76. The van der Waals surface area contributed by atoms with Gasteiger partial charge in [-0.25, -0.2) is 4.79 Å². The number of nitriles is 1. The van der Waals surface area contributed by atoms with E-state index in [4.69, 9.17) is 5.26 Å². The molecule has 0 aromatic carbocycles. The van der Waals surface area contributed by atoms with Crippen molar-refractivity contribution in [3.63, 3.8) is 0 Å². The highest BCUT2D eigenvalue weighted by molar-refractivity contribution is 6.44. The highest BCUT2D eigenvalue weighted by atomic mass is 16.7. The van der Waals surface area contributed by atoms with Gasteiger partial charge < -0.3 is 10.6 Å². The minimum absolute atomic E-state index is 0.639. The van der Waals surface area contributed by atoms with Gasteiger partial charge in [0.2, 0.25) is 5.71 Å². The summed E-state index contributed by atoms with van der Waals surface area (Å²) in [6.45, 7) is 1.08. The van der Waals surface area contributed by atoms with E-state index < -0.39 is 17.6 Å². The first kappa shape index (κ1) is 9.10. The van der Waals surface area contributed by atoms with Crippen molar-refractivity contribution >= 4 is 17.6 Å². The topological polar surface area (TPSA) is 106 Å². The van der Waals surface area contributed by atoms with Crippen molar-refractivity contribution in [1.29, 1.82) is 5.26 Å². The summed E-state index contributed by atoms with van der Waals surface area (Å²) in [6, 6.07) is 1.36. The second-order valence-corrected chi connectivity index (χ2v) is 1.50. The molecule has 0 spiro atoms. The van der Waals surface area contributed by atoms with E-state index in [1.54, 1.807) is 0 Å². The van der Waals surface area contributed by atoms with Gasteiger partial charge in [-0.15, -0.1) is 0 Å². The molecule has 0 rings (SSSR count). The predicted octanol–water partition coefficient (Wildman–Crippen LogP) is -1.09. The minimum atomic E-state index is -1.03. The molecule has 0 fully saturated rings. The molecular formula is C5H5N3O3. The van der Waals surface area contributed by atoms with Gasteiger partial charge in [0.15, 0.2) is 0 Å². The molecule has 11 heavy (non-hydrogen) atoms. The molecular weight excluding hydrogens is 150 g/mol. The number of primary amides is 1. The van der Waals surface area contributed by atoms with Crippen LogP contribution in [-0.4, -0.2) is 17.6 Å². The lowest BCUT2D eigenvalue weighted by Crippen LogP contribution is -2.22. The van der Waals surface area contributed by atoms with E-state index in [2.05, 4.69) is 15.7 Å². The van der Waals surface area contributed by atoms with E-state index in [0.717, 1.165) is 6.92 Å². The first-order chi connectivity index (χ1) is 5.07. The lowest BCUT2D eigenvalue weighted by Gasteiger charge is -1.89. The fourth-order valence-electron chi connectivity index (χ4n) is 0.230. The van der Waals surface area contributed by atoms with Gasteiger partial charge in [0.1, 0.15) is 6.07 Å². The van der Waals surface area contributed by atoms with Crippen LogP contribution in [0.1, 0.15) is 6.92 Å². The summed E-state index contributed by atoms with van der Waals surface area (Å²) in [7, 11) is 0. The van der Waals surface area contributed by atoms with Gasteiger partial charge in [-0.3, -0.25) is 4.79 Å². The number of rotatable bonds is 2. The average Bonchev–Trinajstić information content (AvgIpc) is 1.87. The Hall–Kier alpha value is -1.90. The maximum Gasteiger partial charge on any atom is 0.332 e. The standard InChI is InChI=1S/C5H5N3O3/c1-3(9)11-8-4(2-6)5(7)10/h1H3,(H2,7,10)/b8-4-. The van der Waals surface area contributed by atoms with Crippen LogP contribution in [-0.2, 0) is 14.4 Å². The number of carbonyl (C=O) groups excluding carboxylic acids is 2. The second kappa shape index (κ2) is 4.00. The lowest BCUT2D eigenvalue weighted by molar-refractivity contribution is -0.140. The van der Waals surface area contributed by atoms with Gasteiger partial charge in [-0.05, 0) is 0 Å². The van der Waals surface area contributed by atoms with Crippen LogP contribution in [0.4, 0.5) is 0 Å². The Labute approximate surface area is 62.2 Å². The zero-order valence-electron chi connectivity index (χ0n) is 5.70. The molecule has 6 heteroatoms. The monoisotopic (exact) mass is 155 g/mol. The number of carbonyl (C=O) groups is 2. The average molecular weight is 155 g/mol.